The molecule has 3 heteroatoms. The molecule has 0 aliphatic heterocycles. The molecule has 0 bridgehead atoms. The minimum absolute atomic E-state index is 0.516. The molecule has 0 amide bonds. The lowest BCUT2D eigenvalue weighted by molar-refractivity contribution is 0.456. The van der Waals surface area contributed by atoms with E-state index in [0.717, 1.165) is 17.8 Å². The van der Waals surface area contributed by atoms with Crippen LogP contribution in [0.4, 0.5) is 0 Å². The van der Waals surface area contributed by atoms with Gasteiger partial charge in [-0.2, -0.15) is 0 Å². The summed E-state index contributed by atoms with van der Waals surface area (Å²) in [6, 6.07) is 6.91. The predicted octanol–water partition coefficient (Wildman–Crippen LogP) is 5.10. The van der Waals surface area contributed by atoms with E-state index in [9.17, 15) is 0 Å². The average Bonchev–Trinajstić information content (AvgIpc) is 3.15. The van der Waals surface area contributed by atoms with Crippen molar-refractivity contribution in [2.45, 2.75) is 64.3 Å². The summed E-state index contributed by atoms with van der Waals surface area (Å²) < 4.78 is 0. The van der Waals surface area contributed by atoms with Crippen LogP contribution in [-0.2, 0) is 6.42 Å². The summed E-state index contributed by atoms with van der Waals surface area (Å²) in [5.41, 5.74) is 4.83. The van der Waals surface area contributed by atoms with Crippen LogP contribution >= 0.6 is 0 Å². The molecular formula is C19H27N3. The SMILES string of the molecule is CCc1cc(C=NC2CCCCCCC2)[nH]c1-c1ccc[nH]1. The minimum atomic E-state index is 0.516. The molecule has 118 valence electrons. The second-order valence-corrected chi connectivity index (χ2v) is 6.34. The fourth-order valence-corrected chi connectivity index (χ4v) is 3.36. The Hall–Kier alpha value is -1.77. The first-order valence-electron chi connectivity index (χ1n) is 8.75. The zero-order valence-corrected chi connectivity index (χ0v) is 13.6. The molecule has 2 N–H and O–H groups in total. The van der Waals surface area contributed by atoms with Crippen molar-refractivity contribution in [3.05, 3.63) is 35.7 Å². The topological polar surface area (TPSA) is 43.9 Å². The van der Waals surface area contributed by atoms with Gasteiger partial charge in [0.05, 0.1) is 23.1 Å². The van der Waals surface area contributed by atoms with Crippen LogP contribution < -0.4 is 0 Å². The van der Waals surface area contributed by atoms with Gasteiger partial charge >= 0.3 is 0 Å². The lowest BCUT2D eigenvalue weighted by atomic mass is 9.97. The Balaban J connectivity index is 1.73. The molecule has 1 fully saturated rings. The van der Waals surface area contributed by atoms with Crippen LogP contribution in [0.3, 0.4) is 0 Å². The average molecular weight is 297 g/mol. The molecule has 1 aliphatic carbocycles. The van der Waals surface area contributed by atoms with Crippen LogP contribution in [0.25, 0.3) is 11.4 Å². The van der Waals surface area contributed by atoms with Crippen molar-refractivity contribution in [2.24, 2.45) is 4.99 Å². The van der Waals surface area contributed by atoms with Crippen molar-refractivity contribution >= 4 is 6.21 Å². The summed E-state index contributed by atoms with van der Waals surface area (Å²) in [5, 5.41) is 0. The van der Waals surface area contributed by atoms with Crippen LogP contribution in [0.15, 0.2) is 29.4 Å². The van der Waals surface area contributed by atoms with Crippen LogP contribution in [0.1, 0.15) is 63.1 Å². The van der Waals surface area contributed by atoms with Gasteiger partial charge in [0, 0.05) is 12.4 Å². The number of aromatic nitrogens is 2. The highest BCUT2D eigenvalue weighted by Gasteiger charge is 2.11. The molecule has 1 aliphatic rings. The number of nitrogens with zero attached hydrogens (tertiary/aromatic N) is 1. The third-order valence-electron chi connectivity index (χ3n) is 4.67. The van der Waals surface area contributed by atoms with E-state index in [2.05, 4.69) is 35.2 Å². The Morgan fingerprint density at radius 3 is 2.64 bits per heavy atom. The maximum atomic E-state index is 4.86. The highest BCUT2D eigenvalue weighted by Crippen LogP contribution is 2.23. The first-order chi connectivity index (χ1) is 10.9. The monoisotopic (exact) mass is 297 g/mol. The van der Waals surface area contributed by atoms with Crippen molar-refractivity contribution in [3.63, 3.8) is 0 Å². The van der Waals surface area contributed by atoms with Crippen molar-refractivity contribution in [1.82, 2.24) is 9.97 Å². The maximum Gasteiger partial charge on any atom is 0.0656 e. The number of nitrogens with one attached hydrogen (secondary N) is 2. The molecule has 0 atom stereocenters. The molecule has 3 nitrogen and oxygen atoms in total. The summed E-state index contributed by atoms with van der Waals surface area (Å²) in [5.74, 6) is 0. The second kappa shape index (κ2) is 7.48. The van der Waals surface area contributed by atoms with Gasteiger partial charge in [0.2, 0.25) is 0 Å². The summed E-state index contributed by atoms with van der Waals surface area (Å²) in [7, 11) is 0. The molecule has 3 rings (SSSR count). The molecular weight excluding hydrogens is 270 g/mol. The number of rotatable bonds is 4. The van der Waals surface area contributed by atoms with Crippen molar-refractivity contribution < 1.29 is 0 Å². The molecule has 0 saturated heterocycles. The van der Waals surface area contributed by atoms with Crippen molar-refractivity contribution in [1.29, 1.82) is 0 Å². The first-order valence-corrected chi connectivity index (χ1v) is 8.75. The largest absolute Gasteiger partial charge is 0.360 e. The fourth-order valence-electron chi connectivity index (χ4n) is 3.36. The third-order valence-corrected chi connectivity index (χ3v) is 4.67. The van der Waals surface area contributed by atoms with E-state index in [4.69, 9.17) is 4.99 Å². The molecule has 2 heterocycles. The summed E-state index contributed by atoms with van der Waals surface area (Å²) in [4.78, 5) is 11.7. The fraction of sp³-hybridized carbons (Fsp3) is 0.526. The van der Waals surface area contributed by atoms with Gasteiger partial charge in [0.15, 0.2) is 0 Å². The summed E-state index contributed by atoms with van der Waals surface area (Å²) >= 11 is 0. The minimum Gasteiger partial charge on any atom is -0.360 e. The van der Waals surface area contributed by atoms with Gasteiger partial charge in [-0.1, -0.05) is 39.0 Å². The number of hydrogen-bond acceptors (Lipinski definition) is 1. The Morgan fingerprint density at radius 1 is 1.18 bits per heavy atom. The normalized spacial score (nSPS) is 17.7. The van der Waals surface area contributed by atoms with Crippen LogP contribution in [0.2, 0.25) is 0 Å². The number of H-pyrrole nitrogens is 2. The Bertz CT molecular complexity index is 584. The van der Waals surface area contributed by atoms with Gasteiger partial charge in [-0.05, 0) is 43.0 Å². The molecule has 22 heavy (non-hydrogen) atoms. The molecule has 2 aromatic rings. The van der Waals surface area contributed by atoms with E-state index in [1.807, 2.05) is 12.3 Å². The van der Waals surface area contributed by atoms with Gasteiger partial charge in [-0.25, -0.2) is 0 Å². The third kappa shape index (κ3) is 3.70. The molecule has 0 spiro atoms. The molecule has 2 aromatic heterocycles. The second-order valence-electron chi connectivity index (χ2n) is 6.34. The zero-order valence-electron chi connectivity index (χ0n) is 13.6. The molecule has 0 radical (unpaired) electrons. The van der Waals surface area contributed by atoms with Crippen molar-refractivity contribution in [2.75, 3.05) is 0 Å². The quantitative estimate of drug-likeness (QED) is 0.737. The van der Waals surface area contributed by atoms with Gasteiger partial charge < -0.3 is 9.97 Å². The molecule has 0 unspecified atom stereocenters. The number of aliphatic imine (C=N–C) groups is 1. The highest BCUT2D eigenvalue weighted by molar-refractivity contribution is 5.80. The van der Waals surface area contributed by atoms with Crippen LogP contribution in [0, 0.1) is 0 Å². The predicted molar refractivity (Wildman–Crippen MR) is 93.7 cm³/mol. The van der Waals surface area contributed by atoms with E-state index in [0.29, 0.717) is 6.04 Å². The van der Waals surface area contributed by atoms with Gasteiger partial charge in [0.1, 0.15) is 0 Å². The van der Waals surface area contributed by atoms with Crippen molar-refractivity contribution in [3.8, 4) is 11.4 Å². The van der Waals surface area contributed by atoms with E-state index in [1.165, 1.54) is 56.2 Å². The smallest absolute Gasteiger partial charge is 0.0656 e. The lowest BCUT2D eigenvalue weighted by Crippen LogP contribution is -2.07. The number of aryl methyl sites for hydroxylation is 1. The highest BCUT2D eigenvalue weighted by atomic mass is 14.8. The Kier molecular flexibility index (Phi) is 5.15. The first kappa shape index (κ1) is 15.1. The zero-order chi connectivity index (χ0) is 15.2. The Morgan fingerprint density at radius 2 is 1.95 bits per heavy atom. The summed E-state index contributed by atoms with van der Waals surface area (Å²) in [6.07, 6.45) is 14.4. The lowest BCUT2D eigenvalue weighted by Gasteiger charge is -2.15. The Labute approximate surface area is 133 Å². The molecule has 1 saturated carbocycles. The van der Waals surface area contributed by atoms with E-state index in [-0.39, 0.29) is 0 Å². The van der Waals surface area contributed by atoms with E-state index in [1.54, 1.807) is 0 Å². The number of hydrogen-bond donors (Lipinski definition) is 2. The van der Waals surface area contributed by atoms with E-state index >= 15 is 0 Å². The van der Waals surface area contributed by atoms with Gasteiger partial charge in [0.25, 0.3) is 0 Å². The number of aromatic amines is 2. The van der Waals surface area contributed by atoms with Gasteiger partial charge in [-0.15, -0.1) is 0 Å². The summed E-state index contributed by atoms with van der Waals surface area (Å²) in [6.45, 7) is 2.20. The van der Waals surface area contributed by atoms with Crippen LogP contribution in [0.5, 0.6) is 0 Å². The molecule has 0 aromatic carbocycles. The van der Waals surface area contributed by atoms with E-state index < -0.39 is 0 Å². The van der Waals surface area contributed by atoms with Crippen LogP contribution in [-0.4, -0.2) is 22.2 Å². The standard InChI is InChI=1S/C19H27N3/c1-2-15-13-17(22-19(15)18-11-8-12-20-18)14-21-16-9-6-4-3-5-7-10-16/h8,11-14,16,20,22H,2-7,9-10H2,1H3. The maximum absolute atomic E-state index is 4.86. The van der Waals surface area contributed by atoms with Gasteiger partial charge in [-0.3, -0.25) is 4.99 Å².